The van der Waals surface area contributed by atoms with Crippen molar-refractivity contribution in [3.8, 4) is 0 Å². The number of aromatic nitrogens is 1. The van der Waals surface area contributed by atoms with E-state index in [1.807, 2.05) is 0 Å². The fourth-order valence-electron chi connectivity index (χ4n) is 0.667. The summed E-state index contributed by atoms with van der Waals surface area (Å²) in [6.07, 6.45) is 1.46. The Morgan fingerprint density at radius 3 is 3.00 bits per heavy atom. The van der Waals surface area contributed by atoms with Gasteiger partial charge in [0.15, 0.2) is 0 Å². The minimum Gasteiger partial charge on any atom is -0.305 e. The smallest absolute Gasteiger partial charge is 0.212 e. The summed E-state index contributed by atoms with van der Waals surface area (Å²) in [5.41, 5.74) is 3.50. The van der Waals surface area contributed by atoms with Gasteiger partial charge in [0.05, 0.1) is 7.11 Å². The Balaban J connectivity index is 2.52. The topological polar surface area (TPSA) is 34.1 Å². The van der Waals surface area contributed by atoms with Crippen molar-refractivity contribution in [3.05, 3.63) is 29.8 Å². The van der Waals surface area contributed by atoms with Crippen LogP contribution in [0.5, 0.6) is 0 Å². The molecule has 11 heavy (non-hydrogen) atoms. The van der Waals surface area contributed by atoms with Crippen LogP contribution < -0.4 is 5.48 Å². The normalized spacial score (nSPS) is 10.0. The van der Waals surface area contributed by atoms with Crippen LogP contribution in [-0.4, -0.2) is 12.1 Å². The maximum Gasteiger partial charge on any atom is 0.212 e. The molecule has 3 nitrogen and oxygen atoms in total. The van der Waals surface area contributed by atoms with E-state index in [1.165, 1.54) is 19.4 Å². The molecule has 1 rings (SSSR count). The zero-order valence-electron chi connectivity index (χ0n) is 6.17. The molecule has 0 aliphatic heterocycles. The van der Waals surface area contributed by atoms with Crippen molar-refractivity contribution < 1.29 is 9.23 Å². The van der Waals surface area contributed by atoms with Crippen LogP contribution in [0.25, 0.3) is 0 Å². The highest BCUT2D eigenvalue weighted by Gasteiger charge is 1.92. The van der Waals surface area contributed by atoms with E-state index in [1.54, 1.807) is 6.07 Å². The van der Waals surface area contributed by atoms with Crippen LogP contribution >= 0.6 is 0 Å². The first-order valence-electron chi connectivity index (χ1n) is 3.19. The zero-order chi connectivity index (χ0) is 8.10. The van der Waals surface area contributed by atoms with Crippen LogP contribution in [0, 0.1) is 5.95 Å². The van der Waals surface area contributed by atoms with Gasteiger partial charge in [-0.1, -0.05) is 6.07 Å². The van der Waals surface area contributed by atoms with Gasteiger partial charge >= 0.3 is 0 Å². The van der Waals surface area contributed by atoms with Gasteiger partial charge in [0.1, 0.15) is 0 Å². The number of hydrogen-bond donors (Lipinski definition) is 1. The molecule has 1 aromatic heterocycles. The monoisotopic (exact) mass is 156 g/mol. The van der Waals surface area contributed by atoms with Gasteiger partial charge in [-0.25, -0.2) is 4.98 Å². The van der Waals surface area contributed by atoms with Crippen molar-refractivity contribution in [2.75, 3.05) is 7.11 Å². The largest absolute Gasteiger partial charge is 0.305 e. The lowest BCUT2D eigenvalue weighted by Gasteiger charge is -1.99. The van der Waals surface area contributed by atoms with Crippen molar-refractivity contribution in [2.24, 2.45) is 0 Å². The Bertz CT molecular complexity index is 212. The minimum absolute atomic E-state index is 0.467. The molecule has 0 bridgehead atoms. The SMILES string of the molecule is CONCc1ccc(F)nc1. The average Bonchev–Trinajstić information content (AvgIpc) is 2.04. The molecule has 0 saturated carbocycles. The summed E-state index contributed by atoms with van der Waals surface area (Å²) >= 11 is 0. The number of nitrogens with one attached hydrogen (secondary N) is 1. The van der Waals surface area contributed by atoms with Crippen molar-refractivity contribution >= 4 is 0 Å². The van der Waals surface area contributed by atoms with E-state index < -0.39 is 5.95 Å². The second-order valence-electron chi connectivity index (χ2n) is 2.01. The van der Waals surface area contributed by atoms with Crippen LogP contribution in [0.3, 0.4) is 0 Å². The molecular formula is C7H9FN2O. The Hall–Kier alpha value is -1.00. The standard InChI is InChI=1S/C7H9FN2O/c1-11-10-5-6-2-3-7(8)9-4-6/h2-4,10H,5H2,1H3. The summed E-state index contributed by atoms with van der Waals surface area (Å²) in [5, 5.41) is 0. The van der Waals surface area contributed by atoms with E-state index in [0.717, 1.165) is 5.56 Å². The average molecular weight is 156 g/mol. The molecule has 0 radical (unpaired) electrons. The van der Waals surface area contributed by atoms with E-state index in [2.05, 4.69) is 15.3 Å². The van der Waals surface area contributed by atoms with Crippen LogP contribution in [-0.2, 0) is 11.4 Å². The van der Waals surface area contributed by atoms with Gasteiger partial charge in [-0.05, 0) is 11.6 Å². The summed E-state index contributed by atoms with van der Waals surface area (Å²) in [6, 6.07) is 2.96. The van der Waals surface area contributed by atoms with E-state index in [9.17, 15) is 4.39 Å². The first-order valence-corrected chi connectivity index (χ1v) is 3.19. The van der Waals surface area contributed by atoms with Gasteiger partial charge in [-0.3, -0.25) is 0 Å². The molecule has 0 aliphatic rings. The van der Waals surface area contributed by atoms with E-state index in [4.69, 9.17) is 0 Å². The molecule has 4 heteroatoms. The number of halogens is 1. The Labute approximate surface area is 64.2 Å². The molecule has 0 fully saturated rings. The Kier molecular flexibility index (Phi) is 2.95. The van der Waals surface area contributed by atoms with Gasteiger partial charge in [-0.2, -0.15) is 9.87 Å². The Morgan fingerprint density at radius 2 is 2.45 bits per heavy atom. The molecule has 0 spiro atoms. The highest BCUT2D eigenvalue weighted by molar-refractivity contribution is 5.08. The van der Waals surface area contributed by atoms with Gasteiger partial charge in [0.25, 0.3) is 0 Å². The molecule has 0 saturated heterocycles. The third-order valence-corrected chi connectivity index (χ3v) is 1.21. The highest BCUT2D eigenvalue weighted by Crippen LogP contribution is 1.97. The zero-order valence-corrected chi connectivity index (χ0v) is 6.17. The summed E-state index contributed by atoms with van der Waals surface area (Å²) in [5.74, 6) is -0.467. The second-order valence-corrected chi connectivity index (χ2v) is 2.01. The summed E-state index contributed by atoms with van der Waals surface area (Å²) in [7, 11) is 1.52. The number of hydroxylamine groups is 1. The Morgan fingerprint density at radius 1 is 1.64 bits per heavy atom. The maximum atomic E-state index is 12.2. The van der Waals surface area contributed by atoms with Crippen LogP contribution in [0.1, 0.15) is 5.56 Å². The lowest BCUT2D eigenvalue weighted by Crippen LogP contribution is -2.10. The van der Waals surface area contributed by atoms with Gasteiger partial charge in [0.2, 0.25) is 5.95 Å². The molecule has 0 aliphatic carbocycles. The number of nitrogens with zero attached hydrogens (tertiary/aromatic N) is 1. The molecule has 1 aromatic rings. The van der Waals surface area contributed by atoms with Crippen LogP contribution in [0.15, 0.2) is 18.3 Å². The van der Waals surface area contributed by atoms with Crippen molar-refractivity contribution in [1.82, 2.24) is 10.5 Å². The fraction of sp³-hybridized carbons (Fsp3) is 0.286. The molecule has 1 heterocycles. The van der Waals surface area contributed by atoms with E-state index in [-0.39, 0.29) is 0 Å². The molecule has 0 aromatic carbocycles. The molecule has 0 atom stereocenters. The minimum atomic E-state index is -0.467. The number of pyridine rings is 1. The number of rotatable bonds is 3. The van der Waals surface area contributed by atoms with Gasteiger partial charge < -0.3 is 4.84 Å². The fourth-order valence-corrected chi connectivity index (χ4v) is 0.667. The summed E-state index contributed by atoms with van der Waals surface area (Å²) in [6.45, 7) is 0.532. The summed E-state index contributed by atoms with van der Waals surface area (Å²) < 4.78 is 12.2. The van der Waals surface area contributed by atoms with Crippen LogP contribution in [0.2, 0.25) is 0 Å². The highest BCUT2D eigenvalue weighted by atomic mass is 19.1. The second kappa shape index (κ2) is 4.00. The predicted molar refractivity (Wildman–Crippen MR) is 38.0 cm³/mol. The summed E-state index contributed by atoms with van der Waals surface area (Å²) in [4.78, 5) is 8.07. The molecule has 0 unspecified atom stereocenters. The predicted octanol–water partition coefficient (Wildman–Crippen LogP) is 0.872. The lowest BCUT2D eigenvalue weighted by molar-refractivity contribution is 0.0866. The van der Waals surface area contributed by atoms with Crippen molar-refractivity contribution in [1.29, 1.82) is 0 Å². The third-order valence-electron chi connectivity index (χ3n) is 1.21. The van der Waals surface area contributed by atoms with Crippen molar-refractivity contribution in [3.63, 3.8) is 0 Å². The molecule has 60 valence electrons. The third kappa shape index (κ3) is 2.61. The molecular weight excluding hydrogens is 147 g/mol. The molecule has 0 amide bonds. The number of hydrogen-bond acceptors (Lipinski definition) is 3. The van der Waals surface area contributed by atoms with Crippen molar-refractivity contribution in [2.45, 2.75) is 6.54 Å². The first kappa shape index (κ1) is 8.10. The van der Waals surface area contributed by atoms with E-state index >= 15 is 0 Å². The molecule has 1 N–H and O–H groups in total. The maximum absolute atomic E-state index is 12.2. The van der Waals surface area contributed by atoms with Gasteiger partial charge in [-0.15, -0.1) is 0 Å². The lowest BCUT2D eigenvalue weighted by atomic mass is 10.3. The quantitative estimate of drug-likeness (QED) is 0.521. The van der Waals surface area contributed by atoms with E-state index in [0.29, 0.717) is 6.54 Å². The van der Waals surface area contributed by atoms with Crippen LogP contribution in [0.4, 0.5) is 4.39 Å². The first-order chi connectivity index (χ1) is 5.33. The van der Waals surface area contributed by atoms with Gasteiger partial charge in [0, 0.05) is 12.7 Å².